The van der Waals surface area contributed by atoms with Crippen molar-refractivity contribution in [2.75, 3.05) is 0 Å². The van der Waals surface area contributed by atoms with E-state index in [1.165, 1.54) is 0 Å². The maximum atomic E-state index is 13.2. The second-order valence-corrected chi connectivity index (χ2v) is 8.82. The number of hydrogen-bond donors (Lipinski definition) is 0. The predicted molar refractivity (Wildman–Crippen MR) is 86.8 cm³/mol. The summed E-state index contributed by atoms with van der Waals surface area (Å²) in [7, 11) is -7.80. The fourth-order valence-corrected chi connectivity index (χ4v) is 4.20. The maximum absolute atomic E-state index is 13.2. The number of rotatable bonds is 3. The molecule has 0 aliphatic heterocycles. The number of aryl methyl sites for hydroxylation is 2. The van der Waals surface area contributed by atoms with Gasteiger partial charge in [0.2, 0.25) is 0 Å². The van der Waals surface area contributed by atoms with Crippen LogP contribution >= 0.6 is 10.5 Å². The van der Waals surface area contributed by atoms with Crippen molar-refractivity contribution in [2.24, 2.45) is 0 Å². The summed E-state index contributed by atoms with van der Waals surface area (Å²) in [5.41, 5.74) is -8.91. The van der Waals surface area contributed by atoms with E-state index in [-0.39, 0.29) is 0 Å². The van der Waals surface area contributed by atoms with Crippen LogP contribution in [0.25, 0.3) is 10.1 Å². The van der Waals surface area contributed by atoms with Gasteiger partial charge in [-0.25, -0.2) is 8.42 Å². The van der Waals surface area contributed by atoms with Crippen molar-refractivity contribution in [3.05, 3.63) is 34.7 Å². The van der Waals surface area contributed by atoms with E-state index >= 15 is 0 Å². The number of fused-ring (bicyclic) bond motifs is 1. The molecule has 0 aliphatic carbocycles. The number of unbranched alkanes of at least 4 members (excludes halogenated alkanes) is 1. The van der Waals surface area contributed by atoms with E-state index in [1.54, 1.807) is 18.2 Å². The zero-order valence-corrected chi connectivity index (χ0v) is 15.4. The minimum Gasteiger partial charge on any atom is -0.741 e. The van der Waals surface area contributed by atoms with E-state index in [0.717, 1.165) is 23.8 Å². The van der Waals surface area contributed by atoms with Gasteiger partial charge in [-0.2, -0.15) is 13.2 Å². The van der Waals surface area contributed by atoms with Gasteiger partial charge in [0.15, 0.2) is 19.7 Å². The summed E-state index contributed by atoms with van der Waals surface area (Å²) >= 11 is 0. The van der Waals surface area contributed by atoms with Crippen LogP contribution in [0, 0.1) is 6.92 Å². The highest BCUT2D eigenvalue weighted by molar-refractivity contribution is 7.86. The first-order valence-corrected chi connectivity index (χ1v) is 9.96. The molecule has 0 saturated heterocycles. The molecule has 2 aromatic rings. The summed E-state index contributed by atoms with van der Waals surface area (Å²) < 4.78 is 99.0. The zero-order chi connectivity index (χ0) is 20.3. The van der Waals surface area contributed by atoms with Gasteiger partial charge in [0.05, 0.1) is 10.5 Å². The number of hydrogen-bond acceptors (Lipinski definition) is 3. The summed E-state index contributed by atoms with van der Waals surface area (Å²) in [5, 5.41) is 0.743. The van der Waals surface area contributed by atoms with E-state index < -0.39 is 31.6 Å². The van der Waals surface area contributed by atoms with E-state index in [0.29, 0.717) is 16.0 Å². The summed E-state index contributed by atoms with van der Waals surface area (Å²) in [6.45, 7) is 3.83. The Bertz CT molecular complexity index is 851. The molecule has 0 saturated carbocycles. The summed E-state index contributed by atoms with van der Waals surface area (Å²) in [4.78, 5) is 0.546. The van der Waals surface area contributed by atoms with Crippen molar-refractivity contribution < 1.29 is 39.3 Å². The number of thiophene rings is 1. The molecule has 0 amide bonds. The molecule has 26 heavy (non-hydrogen) atoms. The SMILES string of the molecule is CCCCc1cc2ccc(C)cc2[s+]1C(F)(F)F.O=S(=O)([O-])C(F)(F)F. The van der Waals surface area contributed by atoms with Crippen molar-refractivity contribution in [1.82, 2.24) is 0 Å². The highest BCUT2D eigenvalue weighted by atomic mass is 32.2. The largest absolute Gasteiger partial charge is 0.741 e. The number of benzene rings is 1. The van der Waals surface area contributed by atoms with Crippen LogP contribution in [0.15, 0.2) is 24.3 Å². The molecule has 0 N–H and O–H groups in total. The second kappa shape index (κ2) is 8.13. The summed E-state index contributed by atoms with van der Waals surface area (Å²) in [6.07, 6.45) is 2.28. The van der Waals surface area contributed by atoms with Gasteiger partial charge in [0.1, 0.15) is 0 Å². The predicted octanol–water partition coefficient (Wildman–Crippen LogP) is 5.77. The van der Waals surface area contributed by atoms with Gasteiger partial charge in [0, 0.05) is 23.9 Å². The minimum atomic E-state index is -6.09. The van der Waals surface area contributed by atoms with Crippen LogP contribution < -0.4 is 0 Å². The first-order chi connectivity index (χ1) is 11.7. The van der Waals surface area contributed by atoms with Crippen LogP contribution in [0.1, 0.15) is 30.2 Å². The van der Waals surface area contributed by atoms with Crippen molar-refractivity contribution in [1.29, 1.82) is 0 Å². The van der Waals surface area contributed by atoms with Gasteiger partial charge in [0.25, 0.3) is 0 Å². The molecule has 0 bridgehead atoms. The molecule has 1 heterocycles. The Morgan fingerprint density at radius 1 is 1.08 bits per heavy atom. The number of halogens is 6. The lowest BCUT2D eigenvalue weighted by Gasteiger charge is -2.08. The lowest BCUT2D eigenvalue weighted by Crippen LogP contribution is -2.21. The molecule has 11 heteroatoms. The third-order valence-corrected chi connectivity index (χ3v) is 5.93. The van der Waals surface area contributed by atoms with Crippen molar-refractivity contribution in [2.45, 2.75) is 44.1 Å². The standard InChI is InChI=1S/C14H16F3S.CHF3O3S/c1-3-4-5-12-9-11-7-6-10(2)8-13(11)18(12)14(15,16)17;2-1(3,4)8(5,6)7/h6-9H,3-5H2,1-2H3;(H,5,6,7)/q+1;/p-1. The Morgan fingerprint density at radius 2 is 1.62 bits per heavy atom. The van der Waals surface area contributed by atoms with E-state index in [4.69, 9.17) is 13.0 Å². The van der Waals surface area contributed by atoms with E-state index in [9.17, 15) is 26.3 Å². The highest BCUT2D eigenvalue weighted by Crippen LogP contribution is 2.51. The molecule has 1 atom stereocenters. The summed E-state index contributed by atoms with van der Waals surface area (Å²) in [6, 6.07) is 7.09. The Balaban J connectivity index is 0.000000359. The topological polar surface area (TPSA) is 57.2 Å². The molecule has 0 fully saturated rings. The lowest BCUT2D eigenvalue weighted by molar-refractivity contribution is -0.0867. The van der Waals surface area contributed by atoms with Crippen LogP contribution in [-0.4, -0.2) is 18.5 Å². The fourth-order valence-electron chi connectivity index (χ4n) is 2.11. The van der Waals surface area contributed by atoms with Gasteiger partial charge in [-0.15, -0.1) is 13.2 Å². The van der Waals surface area contributed by atoms with Gasteiger partial charge < -0.3 is 4.55 Å². The molecule has 1 aromatic carbocycles. The van der Waals surface area contributed by atoms with Crippen molar-refractivity contribution in [3.8, 4) is 0 Å². The smallest absolute Gasteiger partial charge is 0.600 e. The zero-order valence-electron chi connectivity index (χ0n) is 13.7. The average Bonchev–Trinajstić information content (AvgIpc) is 2.80. The third-order valence-electron chi connectivity index (χ3n) is 3.26. The van der Waals surface area contributed by atoms with Crippen molar-refractivity contribution >= 4 is 30.7 Å². The van der Waals surface area contributed by atoms with Gasteiger partial charge in [-0.1, -0.05) is 19.4 Å². The van der Waals surface area contributed by atoms with E-state index in [2.05, 4.69) is 0 Å². The molecule has 0 spiro atoms. The highest BCUT2D eigenvalue weighted by Gasteiger charge is 2.47. The lowest BCUT2D eigenvalue weighted by atomic mass is 10.1. The Morgan fingerprint density at radius 3 is 2.04 bits per heavy atom. The second-order valence-electron chi connectivity index (χ2n) is 5.41. The summed E-state index contributed by atoms with van der Waals surface area (Å²) in [5.74, 6) is 0. The Hall–Kier alpha value is -1.33. The first-order valence-electron chi connectivity index (χ1n) is 7.33. The van der Waals surface area contributed by atoms with Gasteiger partial charge >= 0.3 is 11.0 Å². The molecule has 0 radical (unpaired) electrons. The fraction of sp³-hybridized carbons (Fsp3) is 0.467. The molecule has 1 unspecified atom stereocenters. The van der Waals surface area contributed by atoms with Crippen LogP contribution in [0.4, 0.5) is 26.3 Å². The quantitative estimate of drug-likeness (QED) is 0.273. The van der Waals surface area contributed by atoms with E-state index in [1.807, 2.05) is 19.9 Å². The van der Waals surface area contributed by atoms with Crippen LogP contribution in [-0.2, 0) is 22.0 Å². The molecule has 3 nitrogen and oxygen atoms in total. The Labute approximate surface area is 149 Å². The Kier molecular flexibility index (Phi) is 7.11. The monoisotopic (exact) mass is 422 g/mol. The van der Waals surface area contributed by atoms with Crippen LogP contribution in [0.3, 0.4) is 0 Å². The molecule has 148 valence electrons. The normalized spacial score (nSPS) is 13.5. The maximum Gasteiger partial charge on any atom is 0.600 e. The van der Waals surface area contributed by atoms with Gasteiger partial charge in [-0.3, -0.25) is 0 Å². The van der Waals surface area contributed by atoms with Gasteiger partial charge in [-0.05, 0) is 25.0 Å². The minimum absolute atomic E-state index is 0.452. The van der Waals surface area contributed by atoms with Crippen molar-refractivity contribution in [3.63, 3.8) is 0 Å². The van der Waals surface area contributed by atoms with Crippen LogP contribution in [0.2, 0.25) is 0 Å². The third kappa shape index (κ3) is 5.85. The molecule has 2 rings (SSSR count). The molecular weight excluding hydrogens is 406 g/mol. The molecule has 1 aromatic heterocycles. The number of alkyl halides is 6. The van der Waals surface area contributed by atoms with Crippen LogP contribution in [0.5, 0.6) is 0 Å². The molecule has 0 aliphatic rings. The average molecular weight is 422 g/mol. The molecular formula is C15H16F6O3S2. The first kappa shape index (κ1) is 22.7.